The van der Waals surface area contributed by atoms with Crippen LogP contribution in [-0.2, 0) is 9.53 Å². The molecule has 3 rings (SSSR count). The molecule has 0 aromatic heterocycles. The van der Waals surface area contributed by atoms with Gasteiger partial charge in [0.1, 0.15) is 5.54 Å². The van der Waals surface area contributed by atoms with Crippen LogP contribution in [0.5, 0.6) is 0 Å². The van der Waals surface area contributed by atoms with Crippen LogP contribution >= 0.6 is 23.4 Å². The molecule has 5 heteroatoms. The molecular weight excluding hydrogens is 306 g/mol. The second kappa shape index (κ2) is 6.19. The van der Waals surface area contributed by atoms with Gasteiger partial charge < -0.3 is 4.74 Å². The molecule has 0 amide bonds. The Hall–Kier alpha value is -0.710. The Bertz CT molecular complexity index is 514. The van der Waals surface area contributed by atoms with E-state index >= 15 is 0 Å². The first-order valence-electron chi connectivity index (χ1n) is 7.38. The first kappa shape index (κ1) is 15.2. The Balaban J connectivity index is 1.74. The van der Waals surface area contributed by atoms with Crippen LogP contribution in [0.25, 0.3) is 0 Å². The quantitative estimate of drug-likeness (QED) is 0.615. The van der Waals surface area contributed by atoms with Gasteiger partial charge >= 0.3 is 5.97 Å². The van der Waals surface area contributed by atoms with Gasteiger partial charge in [-0.25, -0.2) is 0 Å². The number of nitrogens with one attached hydrogen (secondary N) is 1. The highest BCUT2D eigenvalue weighted by atomic mass is 35.5. The maximum Gasteiger partial charge on any atom is 0.327 e. The van der Waals surface area contributed by atoms with E-state index in [1.54, 1.807) is 11.8 Å². The number of ether oxygens (including phenoxy) is 1. The lowest BCUT2D eigenvalue weighted by molar-refractivity contribution is -0.148. The van der Waals surface area contributed by atoms with E-state index in [9.17, 15) is 4.79 Å². The van der Waals surface area contributed by atoms with E-state index in [-0.39, 0.29) is 5.97 Å². The SMILES string of the molecule is COC(=O)C(CSc1ccc(Cl)cc1)(NC1CC1)C1CC1. The number of rotatable bonds is 7. The average molecular weight is 326 g/mol. The molecule has 2 saturated carbocycles. The predicted molar refractivity (Wildman–Crippen MR) is 85.8 cm³/mol. The summed E-state index contributed by atoms with van der Waals surface area (Å²) in [4.78, 5) is 13.6. The molecule has 0 saturated heterocycles. The largest absolute Gasteiger partial charge is 0.468 e. The van der Waals surface area contributed by atoms with Crippen molar-refractivity contribution in [2.45, 2.75) is 42.2 Å². The van der Waals surface area contributed by atoms with Crippen LogP contribution < -0.4 is 5.32 Å². The summed E-state index contributed by atoms with van der Waals surface area (Å²) < 4.78 is 5.12. The van der Waals surface area contributed by atoms with Gasteiger partial charge in [0, 0.05) is 21.7 Å². The van der Waals surface area contributed by atoms with Crippen molar-refractivity contribution in [2.75, 3.05) is 12.9 Å². The van der Waals surface area contributed by atoms with E-state index < -0.39 is 5.54 Å². The molecule has 1 unspecified atom stereocenters. The van der Waals surface area contributed by atoms with Gasteiger partial charge in [0.15, 0.2) is 0 Å². The number of thioether (sulfide) groups is 1. The maximum atomic E-state index is 12.4. The van der Waals surface area contributed by atoms with Crippen molar-refractivity contribution < 1.29 is 9.53 Å². The highest BCUT2D eigenvalue weighted by molar-refractivity contribution is 7.99. The van der Waals surface area contributed by atoms with Crippen LogP contribution in [-0.4, -0.2) is 30.4 Å². The van der Waals surface area contributed by atoms with Crippen molar-refractivity contribution in [3.05, 3.63) is 29.3 Å². The van der Waals surface area contributed by atoms with E-state index in [1.807, 2.05) is 24.3 Å². The van der Waals surface area contributed by atoms with E-state index in [0.717, 1.165) is 35.6 Å². The Morgan fingerprint density at radius 2 is 2.00 bits per heavy atom. The highest BCUT2D eigenvalue weighted by Gasteiger charge is 2.53. The number of hydrogen-bond acceptors (Lipinski definition) is 4. The van der Waals surface area contributed by atoms with E-state index in [0.29, 0.717) is 17.7 Å². The Morgan fingerprint density at radius 1 is 1.33 bits per heavy atom. The lowest BCUT2D eigenvalue weighted by Gasteiger charge is -2.32. The maximum absolute atomic E-state index is 12.4. The second-order valence-electron chi connectivity index (χ2n) is 5.90. The molecule has 0 aliphatic heterocycles. The summed E-state index contributed by atoms with van der Waals surface area (Å²) in [6.07, 6.45) is 4.54. The van der Waals surface area contributed by atoms with Crippen LogP contribution in [0.2, 0.25) is 5.02 Å². The number of esters is 1. The molecule has 114 valence electrons. The molecule has 0 radical (unpaired) electrons. The molecule has 1 aromatic carbocycles. The third kappa shape index (κ3) is 3.55. The predicted octanol–water partition coefficient (Wildman–Crippen LogP) is 3.51. The molecule has 1 aromatic rings. The topological polar surface area (TPSA) is 38.3 Å². The van der Waals surface area contributed by atoms with Crippen molar-refractivity contribution in [1.29, 1.82) is 0 Å². The number of benzene rings is 1. The molecule has 1 N–H and O–H groups in total. The number of carbonyl (C=O) groups is 1. The molecule has 1 atom stereocenters. The monoisotopic (exact) mass is 325 g/mol. The van der Waals surface area contributed by atoms with Gasteiger partial charge in [-0.05, 0) is 55.9 Å². The van der Waals surface area contributed by atoms with Crippen LogP contribution in [0.3, 0.4) is 0 Å². The summed E-state index contributed by atoms with van der Waals surface area (Å²) in [5.41, 5.74) is -0.528. The second-order valence-corrected chi connectivity index (χ2v) is 7.38. The van der Waals surface area contributed by atoms with Crippen LogP contribution in [0.4, 0.5) is 0 Å². The molecule has 0 spiro atoms. The van der Waals surface area contributed by atoms with Gasteiger partial charge in [-0.2, -0.15) is 0 Å². The first-order valence-corrected chi connectivity index (χ1v) is 8.75. The standard InChI is InChI=1S/C16H20ClNO2S/c1-20-15(19)16(11-2-3-11,18-13-6-7-13)10-21-14-8-4-12(17)5-9-14/h4-5,8-9,11,13,18H,2-3,6-7,10H2,1H3. The van der Waals surface area contributed by atoms with Crippen molar-refractivity contribution in [1.82, 2.24) is 5.32 Å². The third-order valence-corrected chi connectivity index (χ3v) is 5.60. The zero-order valence-corrected chi connectivity index (χ0v) is 13.7. The Labute approximate surface area is 134 Å². The van der Waals surface area contributed by atoms with Crippen molar-refractivity contribution >= 4 is 29.3 Å². The van der Waals surface area contributed by atoms with Gasteiger partial charge in [-0.15, -0.1) is 11.8 Å². The zero-order valence-electron chi connectivity index (χ0n) is 12.1. The lowest BCUT2D eigenvalue weighted by Crippen LogP contribution is -2.57. The number of hydrogen-bond donors (Lipinski definition) is 1. The van der Waals surface area contributed by atoms with E-state index in [1.165, 1.54) is 7.11 Å². The summed E-state index contributed by atoms with van der Waals surface area (Å²) in [6.45, 7) is 0. The Morgan fingerprint density at radius 3 is 2.52 bits per heavy atom. The summed E-state index contributed by atoms with van der Waals surface area (Å²) >= 11 is 7.61. The van der Waals surface area contributed by atoms with Gasteiger partial charge in [-0.1, -0.05) is 11.6 Å². The number of methoxy groups -OCH3 is 1. The first-order chi connectivity index (χ1) is 10.1. The molecule has 2 aliphatic rings. The van der Waals surface area contributed by atoms with E-state index in [4.69, 9.17) is 16.3 Å². The van der Waals surface area contributed by atoms with E-state index in [2.05, 4.69) is 5.32 Å². The van der Waals surface area contributed by atoms with Crippen molar-refractivity contribution in [3.8, 4) is 0 Å². The summed E-state index contributed by atoms with van der Waals surface area (Å²) in [7, 11) is 1.49. The minimum Gasteiger partial charge on any atom is -0.468 e. The van der Waals surface area contributed by atoms with Gasteiger partial charge in [0.05, 0.1) is 7.11 Å². The molecule has 2 fully saturated rings. The molecule has 21 heavy (non-hydrogen) atoms. The van der Waals surface area contributed by atoms with Crippen molar-refractivity contribution in [2.24, 2.45) is 5.92 Å². The van der Waals surface area contributed by atoms with Crippen LogP contribution in [0, 0.1) is 5.92 Å². The number of halogens is 1. The molecule has 0 heterocycles. The fraction of sp³-hybridized carbons (Fsp3) is 0.562. The molecule has 0 bridgehead atoms. The van der Waals surface area contributed by atoms with Gasteiger partial charge in [0.25, 0.3) is 0 Å². The third-order valence-electron chi connectivity index (χ3n) is 4.14. The zero-order chi connectivity index (χ0) is 14.9. The molecule has 3 nitrogen and oxygen atoms in total. The minimum atomic E-state index is -0.528. The normalized spacial score (nSPS) is 20.9. The van der Waals surface area contributed by atoms with Gasteiger partial charge in [0.2, 0.25) is 0 Å². The highest BCUT2D eigenvalue weighted by Crippen LogP contribution is 2.44. The summed E-state index contributed by atoms with van der Waals surface area (Å²) in [5, 5.41) is 4.31. The van der Waals surface area contributed by atoms with Crippen LogP contribution in [0.15, 0.2) is 29.2 Å². The molecule has 2 aliphatic carbocycles. The lowest BCUT2D eigenvalue weighted by atomic mass is 9.95. The van der Waals surface area contributed by atoms with Gasteiger partial charge in [-0.3, -0.25) is 10.1 Å². The fourth-order valence-corrected chi connectivity index (χ4v) is 3.93. The minimum absolute atomic E-state index is 0.113. The molecular formula is C16H20ClNO2S. The number of carbonyl (C=O) groups excluding carboxylic acids is 1. The smallest absolute Gasteiger partial charge is 0.327 e. The average Bonchev–Trinajstić information content (AvgIpc) is 3.37. The fourth-order valence-electron chi connectivity index (χ4n) is 2.64. The van der Waals surface area contributed by atoms with Crippen molar-refractivity contribution in [3.63, 3.8) is 0 Å². The summed E-state index contributed by atoms with van der Waals surface area (Å²) in [5.74, 6) is 1.01. The van der Waals surface area contributed by atoms with Crippen LogP contribution in [0.1, 0.15) is 25.7 Å². The summed E-state index contributed by atoms with van der Waals surface area (Å²) in [6, 6.07) is 8.25. The Kier molecular flexibility index (Phi) is 4.48.